The minimum Gasteiger partial charge on any atom is -0.360 e. The molecule has 0 saturated carbocycles. The van der Waals surface area contributed by atoms with Crippen LogP contribution in [0.15, 0.2) is 65.2 Å². The Morgan fingerprint density at radius 1 is 1.15 bits per heavy atom. The minimum absolute atomic E-state index is 0.308. The lowest BCUT2D eigenvalue weighted by Gasteiger charge is -2.41. The molecule has 0 spiro atoms. The number of anilines is 2. The van der Waals surface area contributed by atoms with Crippen LogP contribution in [0.1, 0.15) is 17.5 Å². The highest BCUT2D eigenvalue weighted by atomic mass is 35.5. The first kappa shape index (κ1) is 17.5. The van der Waals surface area contributed by atoms with Gasteiger partial charge in [0.1, 0.15) is 11.9 Å². The predicted molar refractivity (Wildman–Crippen MR) is 108 cm³/mol. The number of aryl methyl sites for hydroxylation is 1. The van der Waals surface area contributed by atoms with Gasteiger partial charge >= 0.3 is 6.03 Å². The first-order chi connectivity index (χ1) is 13.0. The van der Waals surface area contributed by atoms with Crippen LogP contribution in [-0.4, -0.2) is 16.3 Å². The number of halogens is 1. The predicted octanol–water partition coefficient (Wildman–Crippen LogP) is 4.66. The first-order valence-corrected chi connectivity index (χ1v) is 9.01. The molecule has 1 aliphatic heterocycles. The van der Waals surface area contributed by atoms with Gasteiger partial charge in [-0.2, -0.15) is 0 Å². The van der Waals surface area contributed by atoms with Crippen LogP contribution in [0, 0.1) is 6.92 Å². The number of hydrogen-bond donors (Lipinski definition) is 1. The van der Waals surface area contributed by atoms with Gasteiger partial charge < -0.3 is 9.84 Å². The highest BCUT2D eigenvalue weighted by molar-refractivity contribution is 7.80. The second kappa shape index (κ2) is 7.02. The Bertz CT molecular complexity index is 990. The number of carbonyl (C=O) groups excluding carboxylic acids is 1. The number of urea groups is 1. The molecule has 0 radical (unpaired) electrons. The number of carbonyl (C=O) groups is 1. The van der Waals surface area contributed by atoms with Crippen molar-refractivity contribution in [3.05, 3.63) is 77.0 Å². The van der Waals surface area contributed by atoms with E-state index in [1.54, 1.807) is 25.1 Å². The van der Waals surface area contributed by atoms with Crippen molar-refractivity contribution in [1.29, 1.82) is 0 Å². The Morgan fingerprint density at radius 2 is 1.85 bits per heavy atom. The molecular formula is C19H15ClN4O2S. The number of hydrogen-bond acceptors (Lipinski definition) is 4. The lowest BCUT2D eigenvalue weighted by molar-refractivity contribution is 0.248. The SMILES string of the molecule is Cc1cc(N2C(=O)N(c3ccccc3)C(=S)NC2c2ccc(Cl)cc2)no1. The minimum atomic E-state index is -0.535. The Kier molecular flexibility index (Phi) is 4.55. The maximum Gasteiger partial charge on any atom is 0.338 e. The molecular weight excluding hydrogens is 384 g/mol. The van der Waals surface area contributed by atoms with Gasteiger partial charge in [0.25, 0.3) is 0 Å². The van der Waals surface area contributed by atoms with Crippen LogP contribution >= 0.6 is 23.8 Å². The summed E-state index contributed by atoms with van der Waals surface area (Å²) in [6, 6.07) is 17.8. The lowest BCUT2D eigenvalue weighted by Crippen LogP contribution is -2.61. The van der Waals surface area contributed by atoms with Crippen LogP contribution in [-0.2, 0) is 0 Å². The van der Waals surface area contributed by atoms with Crippen molar-refractivity contribution in [2.45, 2.75) is 13.1 Å². The lowest BCUT2D eigenvalue weighted by atomic mass is 10.1. The molecule has 3 aromatic rings. The van der Waals surface area contributed by atoms with Crippen molar-refractivity contribution in [3.63, 3.8) is 0 Å². The third-order valence-corrected chi connectivity index (χ3v) is 4.73. The quantitative estimate of drug-likeness (QED) is 0.650. The fourth-order valence-corrected chi connectivity index (χ4v) is 3.35. The van der Waals surface area contributed by atoms with Crippen LogP contribution in [0.4, 0.5) is 16.3 Å². The van der Waals surface area contributed by atoms with E-state index in [9.17, 15) is 4.79 Å². The molecule has 8 heteroatoms. The fourth-order valence-electron chi connectivity index (χ4n) is 2.93. The molecule has 6 nitrogen and oxygen atoms in total. The van der Waals surface area contributed by atoms with Crippen molar-refractivity contribution < 1.29 is 9.32 Å². The summed E-state index contributed by atoms with van der Waals surface area (Å²) < 4.78 is 5.19. The number of amides is 2. The average Bonchev–Trinajstić information content (AvgIpc) is 3.08. The van der Waals surface area contributed by atoms with E-state index < -0.39 is 6.17 Å². The largest absolute Gasteiger partial charge is 0.360 e. The molecule has 27 heavy (non-hydrogen) atoms. The average molecular weight is 399 g/mol. The Labute approximate surface area is 166 Å². The summed E-state index contributed by atoms with van der Waals surface area (Å²) in [5.74, 6) is 1.00. The van der Waals surface area contributed by atoms with Crippen molar-refractivity contribution in [2.75, 3.05) is 9.80 Å². The molecule has 136 valence electrons. The van der Waals surface area contributed by atoms with Gasteiger partial charge in [-0.25, -0.2) is 14.6 Å². The molecule has 1 N–H and O–H groups in total. The van der Waals surface area contributed by atoms with Crippen LogP contribution in [0.2, 0.25) is 5.02 Å². The van der Waals surface area contributed by atoms with Gasteiger partial charge in [0, 0.05) is 11.1 Å². The second-order valence-corrected chi connectivity index (χ2v) is 6.85. The first-order valence-electron chi connectivity index (χ1n) is 8.22. The summed E-state index contributed by atoms with van der Waals surface area (Å²) in [5.41, 5.74) is 1.49. The Morgan fingerprint density at radius 3 is 2.48 bits per heavy atom. The molecule has 1 aliphatic rings. The number of benzene rings is 2. The van der Waals surface area contributed by atoms with E-state index in [2.05, 4.69) is 10.5 Å². The molecule has 1 atom stereocenters. The van der Waals surface area contributed by atoms with E-state index >= 15 is 0 Å². The summed E-state index contributed by atoms with van der Waals surface area (Å²) in [7, 11) is 0. The van der Waals surface area contributed by atoms with E-state index in [0.717, 1.165) is 5.56 Å². The monoisotopic (exact) mass is 398 g/mol. The molecule has 2 heterocycles. The Balaban J connectivity index is 1.79. The number of rotatable bonds is 3. The summed E-state index contributed by atoms with van der Waals surface area (Å²) in [4.78, 5) is 16.4. The molecule has 2 amide bonds. The van der Waals surface area contributed by atoms with Crippen molar-refractivity contribution >= 4 is 46.5 Å². The fraction of sp³-hybridized carbons (Fsp3) is 0.105. The third-order valence-electron chi connectivity index (χ3n) is 4.18. The van der Waals surface area contributed by atoms with E-state index in [-0.39, 0.29) is 6.03 Å². The smallest absolute Gasteiger partial charge is 0.338 e. The molecule has 1 saturated heterocycles. The summed E-state index contributed by atoms with van der Waals surface area (Å²) in [5, 5.41) is 8.17. The summed E-state index contributed by atoms with van der Waals surface area (Å²) in [6.45, 7) is 1.77. The molecule has 0 bridgehead atoms. The van der Waals surface area contributed by atoms with Crippen LogP contribution in [0.3, 0.4) is 0 Å². The van der Waals surface area contributed by atoms with Gasteiger partial charge in [0.05, 0.1) is 5.69 Å². The van der Waals surface area contributed by atoms with E-state index in [1.807, 2.05) is 42.5 Å². The third kappa shape index (κ3) is 3.27. The van der Waals surface area contributed by atoms with Gasteiger partial charge in [-0.05, 0) is 49.0 Å². The maximum atomic E-state index is 13.4. The van der Waals surface area contributed by atoms with E-state index in [4.69, 9.17) is 28.3 Å². The zero-order valence-corrected chi connectivity index (χ0v) is 15.9. The highest BCUT2D eigenvalue weighted by Gasteiger charge is 2.40. The molecule has 4 rings (SSSR count). The number of thiocarbonyl (C=S) groups is 1. The van der Waals surface area contributed by atoms with Gasteiger partial charge in [-0.1, -0.05) is 47.1 Å². The van der Waals surface area contributed by atoms with Gasteiger partial charge in [0.2, 0.25) is 0 Å². The standard InChI is InChI=1S/C19H15ClN4O2S/c1-12-11-16(22-26-12)24-17(13-7-9-14(20)10-8-13)21-18(27)23(19(24)25)15-5-3-2-4-6-15/h2-11,17H,1H3,(H,21,27). The van der Waals surface area contributed by atoms with Crippen molar-refractivity contribution in [2.24, 2.45) is 0 Å². The van der Waals surface area contributed by atoms with Gasteiger partial charge in [0.15, 0.2) is 10.9 Å². The highest BCUT2D eigenvalue weighted by Crippen LogP contribution is 2.32. The van der Waals surface area contributed by atoms with E-state index in [0.29, 0.717) is 27.4 Å². The normalized spacial score (nSPS) is 17.2. The Hall–Kier alpha value is -2.90. The zero-order chi connectivity index (χ0) is 19.0. The summed E-state index contributed by atoms with van der Waals surface area (Å²) >= 11 is 11.5. The van der Waals surface area contributed by atoms with Crippen LogP contribution < -0.4 is 15.1 Å². The zero-order valence-electron chi connectivity index (χ0n) is 14.3. The van der Waals surface area contributed by atoms with Crippen molar-refractivity contribution in [3.8, 4) is 0 Å². The topological polar surface area (TPSA) is 61.6 Å². The molecule has 1 unspecified atom stereocenters. The van der Waals surface area contributed by atoms with Gasteiger partial charge in [-0.15, -0.1) is 0 Å². The second-order valence-electron chi connectivity index (χ2n) is 6.02. The molecule has 1 aromatic heterocycles. The summed E-state index contributed by atoms with van der Waals surface area (Å²) in [6.07, 6.45) is -0.535. The van der Waals surface area contributed by atoms with Crippen LogP contribution in [0.25, 0.3) is 0 Å². The van der Waals surface area contributed by atoms with Crippen LogP contribution in [0.5, 0.6) is 0 Å². The molecule has 0 aliphatic carbocycles. The number of aromatic nitrogens is 1. The van der Waals surface area contributed by atoms with Crippen molar-refractivity contribution in [1.82, 2.24) is 10.5 Å². The molecule has 2 aromatic carbocycles. The number of para-hydroxylation sites is 1. The molecule has 1 fully saturated rings. The maximum absolute atomic E-state index is 13.4. The number of nitrogens with one attached hydrogen (secondary N) is 1. The number of nitrogens with zero attached hydrogens (tertiary/aromatic N) is 3. The van der Waals surface area contributed by atoms with E-state index in [1.165, 1.54) is 9.80 Å². The van der Waals surface area contributed by atoms with Gasteiger partial charge in [-0.3, -0.25) is 0 Å².